The van der Waals surface area contributed by atoms with Crippen molar-refractivity contribution in [3.8, 4) is 0 Å². The maximum atomic E-state index is 12.0. The summed E-state index contributed by atoms with van der Waals surface area (Å²) in [5, 5.41) is 12.0. The van der Waals surface area contributed by atoms with Crippen molar-refractivity contribution in [1.29, 1.82) is 0 Å². The monoisotopic (exact) mass is 327 g/mol. The first-order chi connectivity index (χ1) is 11.0. The Hall–Kier alpha value is -2.80. The van der Waals surface area contributed by atoms with Gasteiger partial charge in [-0.2, -0.15) is 0 Å². The molecule has 1 amide bonds. The number of amidine groups is 1. The minimum absolute atomic E-state index is 0.196. The number of carboxylic acids is 1. The molecule has 1 fully saturated rings. The van der Waals surface area contributed by atoms with Gasteiger partial charge in [-0.3, -0.25) is 4.79 Å². The van der Waals surface area contributed by atoms with E-state index in [9.17, 15) is 9.59 Å². The number of carbonyl (C=O) groups excluding carboxylic acids is 1. The number of amides is 1. The molecule has 0 unspecified atom stereocenters. The van der Waals surface area contributed by atoms with Crippen LogP contribution in [0.5, 0.6) is 0 Å². The summed E-state index contributed by atoms with van der Waals surface area (Å²) in [6, 6.07) is 9.97. The Labute approximate surface area is 136 Å². The van der Waals surface area contributed by atoms with Crippen molar-refractivity contribution in [2.75, 3.05) is 0 Å². The first kappa shape index (κ1) is 15.1. The average molecular weight is 327 g/mol. The van der Waals surface area contributed by atoms with Crippen molar-refractivity contribution >= 4 is 40.6 Å². The van der Waals surface area contributed by atoms with E-state index in [2.05, 4.69) is 10.3 Å². The molecule has 1 aromatic carbocycles. The fraction of sp³-hybridized carbons (Fsp3) is 0.0625. The topological polar surface area (TPSA) is 83.7 Å². The summed E-state index contributed by atoms with van der Waals surface area (Å²) >= 11 is 1.25. The third-order valence-corrected chi connectivity index (χ3v) is 4.17. The summed E-state index contributed by atoms with van der Waals surface area (Å²) in [6.45, 7) is 0. The van der Waals surface area contributed by atoms with Crippen LogP contribution >= 0.6 is 11.8 Å². The van der Waals surface area contributed by atoms with E-state index >= 15 is 0 Å². The highest BCUT2D eigenvalue weighted by Crippen LogP contribution is 2.28. The molecule has 2 aromatic rings. The molecule has 1 aromatic heterocycles. The lowest BCUT2D eigenvalue weighted by Gasteiger charge is -1.98. The van der Waals surface area contributed by atoms with E-state index in [4.69, 9.17) is 5.11 Å². The molecule has 0 spiro atoms. The molecule has 0 atom stereocenters. The molecule has 1 saturated heterocycles. The number of nitrogens with one attached hydrogen (secondary N) is 1. The van der Waals surface area contributed by atoms with Gasteiger partial charge in [-0.05, 0) is 54.2 Å². The number of carbonyl (C=O) groups is 2. The fourth-order valence-corrected chi connectivity index (χ4v) is 2.86. The van der Waals surface area contributed by atoms with Gasteiger partial charge in [0.05, 0.1) is 16.2 Å². The third kappa shape index (κ3) is 3.35. The Morgan fingerprint density at radius 1 is 1.30 bits per heavy atom. The van der Waals surface area contributed by atoms with E-state index in [1.165, 1.54) is 23.9 Å². The molecule has 2 heterocycles. The van der Waals surface area contributed by atoms with E-state index in [-0.39, 0.29) is 11.5 Å². The van der Waals surface area contributed by atoms with E-state index < -0.39 is 5.97 Å². The number of hydrogen-bond donors (Lipinski definition) is 2. The quantitative estimate of drug-likeness (QED) is 0.849. The van der Waals surface area contributed by atoms with Crippen molar-refractivity contribution in [3.05, 3.63) is 58.8 Å². The van der Waals surface area contributed by atoms with E-state index in [1.54, 1.807) is 18.2 Å². The van der Waals surface area contributed by atoms with Gasteiger partial charge in [0.2, 0.25) is 0 Å². The van der Waals surface area contributed by atoms with Gasteiger partial charge in [0.25, 0.3) is 5.91 Å². The molecule has 23 heavy (non-hydrogen) atoms. The van der Waals surface area contributed by atoms with E-state index in [0.29, 0.717) is 15.8 Å². The van der Waals surface area contributed by atoms with Crippen LogP contribution in [0.2, 0.25) is 0 Å². The number of nitrogens with zero attached hydrogens (tertiary/aromatic N) is 2. The average Bonchev–Trinajstić information content (AvgIpc) is 3.07. The van der Waals surface area contributed by atoms with Crippen LogP contribution in [0, 0.1) is 0 Å². The maximum absolute atomic E-state index is 12.0. The first-order valence-corrected chi connectivity index (χ1v) is 7.59. The predicted molar refractivity (Wildman–Crippen MR) is 89.6 cm³/mol. The molecule has 0 aliphatic carbocycles. The van der Waals surface area contributed by atoms with Crippen molar-refractivity contribution in [2.45, 2.75) is 0 Å². The normalized spacial score (nSPS) is 17.7. The standard InChI is InChI=1S/C16H13N3O3S/c1-19-8-2-3-12(19)9-13-14(20)18-16(23-13)17-11-6-4-10(5-7-11)15(21)22/h2-9H,1H3,(H,21,22)(H,17,18,20). The van der Waals surface area contributed by atoms with Crippen LogP contribution in [0.1, 0.15) is 16.1 Å². The van der Waals surface area contributed by atoms with Gasteiger partial charge >= 0.3 is 5.97 Å². The number of aromatic nitrogens is 1. The number of hydrogen-bond acceptors (Lipinski definition) is 4. The SMILES string of the molecule is Cn1cccc1C=C1SC(=Nc2ccc(C(=O)O)cc2)NC1=O. The van der Waals surface area contributed by atoms with Crippen molar-refractivity contribution in [3.63, 3.8) is 0 Å². The summed E-state index contributed by atoms with van der Waals surface area (Å²) in [4.78, 5) is 27.7. The Kier molecular flexibility index (Phi) is 4.03. The van der Waals surface area contributed by atoms with Gasteiger partial charge in [-0.1, -0.05) is 0 Å². The van der Waals surface area contributed by atoms with Crippen LogP contribution in [-0.2, 0) is 11.8 Å². The summed E-state index contributed by atoms with van der Waals surface area (Å²) in [7, 11) is 1.91. The number of aromatic carboxylic acids is 1. The zero-order valence-corrected chi connectivity index (χ0v) is 13.0. The highest BCUT2D eigenvalue weighted by atomic mass is 32.2. The summed E-state index contributed by atoms with van der Waals surface area (Å²) in [6.07, 6.45) is 3.71. The summed E-state index contributed by atoms with van der Waals surface area (Å²) in [5.74, 6) is -1.18. The number of aryl methyl sites for hydroxylation is 1. The van der Waals surface area contributed by atoms with Gasteiger partial charge in [-0.25, -0.2) is 9.79 Å². The second kappa shape index (κ2) is 6.13. The molecule has 0 saturated carbocycles. The molecule has 0 bridgehead atoms. The molecule has 6 nitrogen and oxygen atoms in total. The smallest absolute Gasteiger partial charge is 0.335 e. The minimum Gasteiger partial charge on any atom is -0.478 e. The highest BCUT2D eigenvalue weighted by Gasteiger charge is 2.24. The summed E-state index contributed by atoms with van der Waals surface area (Å²) < 4.78 is 1.92. The zero-order valence-electron chi connectivity index (χ0n) is 12.2. The molecule has 3 rings (SSSR count). The largest absolute Gasteiger partial charge is 0.478 e. The predicted octanol–water partition coefficient (Wildman–Crippen LogP) is 2.61. The van der Waals surface area contributed by atoms with Crippen LogP contribution in [0.15, 0.2) is 52.5 Å². The summed E-state index contributed by atoms with van der Waals surface area (Å²) in [5.41, 5.74) is 1.70. The van der Waals surface area contributed by atoms with E-state index in [1.807, 2.05) is 29.9 Å². The molecule has 0 radical (unpaired) electrons. The van der Waals surface area contributed by atoms with Crippen LogP contribution < -0.4 is 5.32 Å². The van der Waals surface area contributed by atoms with Crippen LogP contribution in [0.25, 0.3) is 6.08 Å². The Morgan fingerprint density at radius 2 is 2.04 bits per heavy atom. The van der Waals surface area contributed by atoms with Gasteiger partial charge in [0.1, 0.15) is 0 Å². The number of rotatable bonds is 3. The second-order valence-corrected chi connectivity index (χ2v) is 5.91. The Morgan fingerprint density at radius 3 is 2.65 bits per heavy atom. The molecule has 7 heteroatoms. The van der Waals surface area contributed by atoms with Crippen LogP contribution in [-0.4, -0.2) is 26.7 Å². The molecular weight excluding hydrogens is 314 g/mol. The lowest BCUT2D eigenvalue weighted by molar-refractivity contribution is -0.115. The zero-order chi connectivity index (χ0) is 16.4. The highest BCUT2D eigenvalue weighted by molar-refractivity contribution is 8.18. The number of thioether (sulfide) groups is 1. The van der Waals surface area contributed by atoms with Crippen molar-refractivity contribution in [1.82, 2.24) is 9.88 Å². The lowest BCUT2D eigenvalue weighted by Crippen LogP contribution is -2.19. The van der Waals surface area contributed by atoms with E-state index in [0.717, 1.165) is 5.69 Å². The molecule has 1 aliphatic rings. The molecule has 2 N–H and O–H groups in total. The van der Waals surface area contributed by atoms with Gasteiger partial charge in [0.15, 0.2) is 5.17 Å². The molecule has 116 valence electrons. The Bertz CT molecular complexity index is 835. The van der Waals surface area contributed by atoms with Crippen LogP contribution in [0.3, 0.4) is 0 Å². The minimum atomic E-state index is -0.986. The van der Waals surface area contributed by atoms with Crippen molar-refractivity contribution in [2.24, 2.45) is 12.0 Å². The van der Waals surface area contributed by atoms with Gasteiger partial charge in [0, 0.05) is 18.9 Å². The first-order valence-electron chi connectivity index (χ1n) is 6.77. The third-order valence-electron chi connectivity index (χ3n) is 3.26. The second-order valence-electron chi connectivity index (χ2n) is 4.88. The lowest BCUT2D eigenvalue weighted by atomic mass is 10.2. The fourth-order valence-electron chi connectivity index (χ4n) is 2.03. The number of benzene rings is 1. The van der Waals surface area contributed by atoms with Gasteiger partial charge < -0.3 is 15.0 Å². The van der Waals surface area contributed by atoms with Crippen LogP contribution in [0.4, 0.5) is 5.69 Å². The molecular formula is C16H13N3O3S. The van der Waals surface area contributed by atoms with Crippen molar-refractivity contribution < 1.29 is 14.7 Å². The Balaban J connectivity index is 1.80. The van der Waals surface area contributed by atoms with Gasteiger partial charge in [-0.15, -0.1) is 0 Å². The maximum Gasteiger partial charge on any atom is 0.335 e. The number of carboxylic acid groups (broad SMARTS) is 1. The number of aliphatic imine (C=N–C) groups is 1. The molecule has 1 aliphatic heterocycles.